The van der Waals surface area contributed by atoms with Crippen molar-refractivity contribution in [3.05, 3.63) is 59.9 Å². The second kappa shape index (κ2) is 9.05. The zero-order valence-electron chi connectivity index (χ0n) is 18.9. The van der Waals surface area contributed by atoms with Crippen LogP contribution in [0.5, 0.6) is 5.75 Å². The van der Waals surface area contributed by atoms with E-state index in [0.29, 0.717) is 48.6 Å². The molecule has 3 heterocycles. The number of rotatable bonds is 5. The first kappa shape index (κ1) is 22.9. The molecule has 1 aliphatic rings. The summed E-state index contributed by atoms with van der Waals surface area (Å²) < 4.78 is 45.7. The molecule has 0 aliphatic carbocycles. The number of hydrogen-bond donors (Lipinski definition) is 1. The van der Waals surface area contributed by atoms with Gasteiger partial charge in [-0.25, -0.2) is 0 Å². The van der Waals surface area contributed by atoms with E-state index in [1.54, 1.807) is 13.2 Å². The average Bonchev–Trinajstić information content (AvgIpc) is 3.31. The lowest BCUT2D eigenvalue weighted by atomic mass is 9.95. The van der Waals surface area contributed by atoms with E-state index in [1.165, 1.54) is 6.07 Å². The van der Waals surface area contributed by atoms with E-state index in [0.717, 1.165) is 16.3 Å². The summed E-state index contributed by atoms with van der Waals surface area (Å²) in [6, 6.07) is 14.9. The lowest BCUT2D eigenvalue weighted by molar-refractivity contribution is -0.146. The van der Waals surface area contributed by atoms with Crippen LogP contribution in [0.2, 0.25) is 0 Å². The highest BCUT2D eigenvalue weighted by Gasteiger charge is 2.38. The number of fused-ring (bicyclic) bond motifs is 2. The van der Waals surface area contributed by atoms with Crippen molar-refractivity contribution in [1.29, 1.82) is 0 Å². The maximum absolute atomic E-state index is 13.2. The van der Waals surface area contributed by atoms with Crippen LogP contribution >= 0.6 is 0 Å². The van der Waals surface area contributed by atoms with Gasteiger partial charge in [0, 0.05) is 31.1 Å². The highest BCUT2D eigenvalue weighted by molar-refractivity contribution is 5.88. The van der Waals surface area contributed by atoms with E-state index in [9.17, 15) is 18.0 Å². The number of nitrogens with zero attached hydrogens (tertiary/aromatic N) is 5. The third-order valence-corrected chi connectivity index (χ3v) is 6.35. The molecule has 8 nitrogen and oxygen atoms in total. The molecule has 35 heavy (non-hydrogen) atoms. The summed E-state index contributed by atoms with van der Waals surface area (Å²) in [5.41, 5.74) is 0.947. The highest BCUT2D eigenvalue weighted by atomic mass is 19.4. The highest BCUT2D eigenvalue weighted by Crippen LogP contribution is 2.30. The van der Waals surface area contributed by atoms with Crippen molar-refractivity contribution in [3.63, 3.8) is 0 Å². The molecular weight excluding hydrogens is 461 g/mol. The average molecular weight is 484 g/mol. The minimum absolute atomic E-state index is 0.0270. The molecule has 2 aromatic carbocycles. The molecule has 0 atom stereocenters. The normalized spacial score (nSPS) is 15.0. The Morgan fingerprint density at radius 1 is 1.09 bits per heavy atom. The molecule has 0 unspecified atom stereocenters. The third kappa shape index (κ3) is 4.45. The van der Waals surface area contributed by atoms with E-state index in [2.05, 4.69) is 20.6 Å². The molecule has 1 fully saturated rings. The largest absolute Gasteiger partial charge is 0.496 e. The van der Waals surface area contributed by atoms with Crippen LogP contribution in [0, 0.1) is 5.92 Å². The fraction of sp³-hybridized carbons (Fsp3) is 0.333. The Bertz CT molecular complexity index is 1380. The van der Waals surface area contributed by atoms with Gasteiger partial charge in [-0.15, -0.1) is 15.3 Å². The first-order valence-electron chi connectivity index (χ1n) is 11.2. The third-order valence-electron chi connectivity index (χ3n) is 6.35. The summed E-state index contributed by atoms with van der Waals surface area (Å²) in [6.45, 7) is 1.34. The summed E-state index contributed by atoms with van der Waals surface area (Å²) in [5, 5.41) is 16.0. The van der Waals surface area contributed by atoms with Crippen LogP contribution < -0.4 is 15.0 Å². The Labute approximate surface area is 198 Å². The number of hydrogen-bond acceptors (Lipinski definition) is 6. The second-order valence-corrected chi connectivity index (χ2v) is 8.43. The summed E-state index contributed by atoms with van der Waals surface area (Å²) >= 11 is 0. The number of ether oxygens (including phenoxy) is 1. The minimum atomic E-state index is -4.65. The van der Waals surface area contributed by atoms with Gasteiger partial charge in [-0.1, -0.05) is 30.3 Å². The SMILES string of the molecule is COc1ccc2ccccc2c1CNC(=O)C1CCN(c2ccc3nnc(C(F)(F)F)n3n2)CC1. The lowest BCUT2D eigenvalue weighted by Crippen LogP contribution is -2.40. The van der Waals surface area contributed by atoms with Crippen LogP contribution in [0.1, 0.15) is 24.2 Å². The zero-order chi connectivity index (χ0) is 24.6. The van der Waals surface area contributed by atoms with Gasteiger partial charge < -0.3 is 15.0 Å². The van der Waals surface area contributed by atoms with Crippen molar-refractivity contribution in [1.82, 2.24) is 25.1 Å². The van der Waals surface area contributed by atoms with Gasteiger partial charge >= 0.3 is 6.18 Å². The molecule has 1 N–H and O–H groups in total. The molecule has 0 bridgehead atoms. The van der Waals surface area contributed by atoms with Gasteiger partial charge in [-0.3, -0.25) is 4.79 Å². The van der Waals surface area contributed by atoms with Gasteiger partial charge in [0.25, 0.3) is 5.82 Å². The van der Waals surface area contributed by atoms with E-state index in [1.807, 2.05) is 41.3 Å². The van der Waals surface area contributed by atoms with Crippen molar-refractivity contribution >= 4 is 28.1 Å². The Morgan fingerprint density at radius 3 is 2.60 bits per heavy atom. The molecule has 182 valence electrons. The first-order valence-corrected chi connectivity index (χ1v) is 11.2. The van der Waals surface area contributed by atoms with Crippen molar-refractivity contribution in [2.75, 3.05) is 25.1 Å². The van der Waals surface area contributed by atoms with Crippen LogP contribution in [0.3, 0.4) is 0 Å². The number of nitrogens with one attached hydrogen (secondary N) is 1. The number of amides is 1. The molecule has 0 saturated carbocycles. The second-order valence-electron chi connectivity index (χ2n) is 8.43. The fourth-order valence-corrected chi connectivity index (χ4v) is 4.50. The standard InChI is InChI=1S/C24H23F3N6O2/c1-35-19-7-6-15-4-2-3-5-17(15)18(19)14-28-22(34)16-10-12-32(13-11-16)21-9-8-20-29-30-23(24(25,26)27)33(20)31-21/h2-9,16H,10-14H2,1H3,(H,28,34). The smallest absolute Gasteiger partial charge is 0.453 e. The Hall–Kier alpha value is -3.89. The molecule has 0 spiro atoms. The van der Waals surface area contributed by atoms with Crippen molar-refractivity contribution in [3.8, 4) is 5.75 Å². The topological polar surface area (TPSA) is 84.6 Å². The Balaban J connectivity index is 1.24. The van der Waals surface area contributed by atoms with Crippen molar-refractivity contribution < 1.29 is 22.7 Å². The molecule has 1 saturated heterocycles. The van der Waals surface area contributed by atoms with Gasteiger partial charge in [0.1, 0.15) is 11.6 Å². The first-order chi connectivity index (χ1) is 16.8. The quantitative estimate of drug-likeness (QED) is 0.464. The number of piperidine rings is 1. The number of carbonyl (C=O) groups is 1. The summed E-state index contributed by atoms with van der Waals surface area (Å²) in [5.74, 6) is -0.306. The maximum atomic E-state index is 13.2. The van der Waals surface area contributed by atoms with Gasteiger partial charge in [-0.2, -0.15) is 17.7 Å². The van der Waals surface area contributed by atoms with Gasteiger partial charge in [0.2, 0.25) is 5.91 Å². The summed E-state index contributed by atoms with van der Waals surface area (Å²) in [4.78, 5) is 14.8. The van der Waals surface area contributed by atoms with Gasteiger partial charge in [0.05, 0.1) is 7.11 Å². The fourth-order valence-electron chi connectivity index (χ4n) is 4.50. The van der Waals surface area contributed by atoms with Crippen LogP contribution in [0.15, 0.2) is 48.5 Å². The molecule has 1 amide bonds. The van der Waals surface area contributed by atoms with E-state index in [-0.39, 0.29) is 17.5 Å². The number of anilines is 1. The predicted molar refractivity (Wildman–Crippen MR) is 123 cm³/mol. The monoisotopic (exact) mass is 484 g/mol. The number of carbonyl (C=O) groups excluding carboxylic acids is 1. The maximum Gasteiger partial charge on any atom is 0.453 e. The van der Waals surface area contributed by atoms with Crippen LogP contribution in [-0.2, 0) is 17.5 Å². The minimum Gasteiger partial charge on any atom is -0.496 e. The molecule has 11 heteroatoms. The van der Waals surface area contributed by atoms with Crippen molar-refractivity contribution in [2.45, 2.75) is 25.6 Å². The van der Waals surface area contributed by atoms with E-state index in [4.69, 9.17) is 4.74 Å². The van der Waals surface area contributed by atoms with Crippen molar-refractivity contribution in [2.24, 2.45) is 5.92 Å². The number of alkyl halides is 3. The number of halogens is 3. The molecular formula is C24H23F3N6O2. The number of methoxy groups -OCH3 is 1. The van der Waals surface area contributed by atoms with Crippen LogP contribution in [0.4, 0.5) is 19.0 Å². The molecule has 4 aromatic rings. The van der Waals surface area contributed by atoms with E-state index >= 15 is 0 Å². The predicted octanol–water partition coefficient (Wildman–Crippen LogP) is 3.84. The van der Waals surface area contributed by atoms with Gasteiger partial charge in [0.15, 0.2) is 5.65 Å². The number of benzene rings is 2. The number of aromatic nitrogens is 4. The molecule has 1 aliphatic heterocycles. The van der Waals surface area contributed by atoms with Crippen LogP contribution in [0.25, 0.3) is 16.4 Å². The molecule has 0 radical (unpaired) electrons. The molecule has 5 rings (SSSR count). The summed E-state index contributed by atoms with van der Waals surface area (Å²) in [6.07, 6.45) is -3.53. The zero-order valence-corrected chi connectivity index (χ0v) is 18.9. The molecule has 2 aromatic heterocycles. The lowest BCUT2D eigenvalue weighted by Gasteiger charge is -2.32. The Morgan fingerprint density at radius 2 is 1.86 bits per heavy atom. The summed E-state index contributed by atoms with van der Waals surface area (Å²) in [7, 11) is 1.61. The van der Waals surface area contributed by atoms with E-state index < -0.39 is 12.0 Å². The van der Waals surface area contributed by atoms with Gasteiger partial charge in [-0.05, 0) is 41.8 Å². The Kier molecular flexibility index (Phi) is 5.91. The van der Waals surface area contributed by atoms with Crippen LogP contribution in [-0.4, -0.2) is 45.9 Å².